The van der Waals surface area contributed by atoms with E-state index < -0.39 is 5.97 Å². The summed E-state index contributed by atoms with van der Waals surface area (Å²) >= 11 is 0. The van der Waals surface area contributed by atoms with E-state index in [1.165, 1.54) is 19.5 Å². The molecule has 0 saturated heterocycles. The van der Waals surface area contributed by atoms with Crippen LogP contribution in [0.5, 0.6) is 5.88 Å². The number of carboxylic acid groups (broad SMARTS) is 1. The quantitative estimate of drug-likeness (QED) is 0.622. The van der Waals surface area contributed by atoms with Crippen molar-refractivity contribution in [1.29, 1.82) is 0 Å². The molecule has 0 aromatic carbocycles. The zero-order chi connectivity index (χ0) is 17.8. The number of rotatable bonds is 7. The van der Waals surface area contributed by atoms with E-state index in [0.717, 1.165) is 5.52 Å². The fourth-order valence-electron chi connectivity index (χ4n) is 2.47. The predicted octanol–water partition coefficient (Wildman–Crippen LogP) is 1.56. The minimum absolute atomic E-state index is 0.0116. The Morgan fingerprint density at radius 3 is 2.88 bits per heavy atom. The van der Waals surface area contributed by atoms with Gasteiger partial charge in [0.25, 0.3) is 0 Å². The van der Waals surface area contributed by atoms with Crippen molar-refractivity contribution in [2.45, 2.75) is 0 Å². The number of pyridine rings is 1. The van der Waals surface area contributed by atoms with E-state index >= 15 is 0 Å². The second-order valence-electron chi connectivity index (χ2n) is 5.13. The number of aromatic carboxylic acids is 1. The standard InChI is InChI=1S/C16H17N5O4/c1-24-6-5-17-14-13-4-3-12(21(13)20-9-19-14)10-7-11(16(22)23)15(25-2)18-8-10/h3-4,7-9H,5-6H2,1-2H3,(H,22,23)(H,17,19,20). The highest BCUT2D eigenvalue weighted by Gasteiger charge is 2.16. The smallest absolute Gasteiger partial charge is 0.341 e. The molecule has 0 amide bonds. The number of hydrogen-bond acceptors (Lipinski definition) is 7. The summed E-state index contributed by atoms with van der Waals surface area (Å²) in [6.45, 7) is 1.16. The zero-order valence-corrected chi connectivity index (χ0v) is 13.8. The molecule has 3 aromatic heterocycles. The predicted molar refractivity (Wildman–Crippen MR) is 90.1 cm³/mol. The molecule has 0 saturated carbocycles. The molecule has 130 valence electrons. The lowest BCUT2D eigenvalue weighted by molar-refractivity contribution is 0.0692. The average molecular weight is 343 g/mol. The van der Waals surface area contributed by atoms with E-state index in [2.05, 4.69) is 20.4 Å². The second kappa shape index (κ2) is 7.14. The van der Waals surface area contributed by atoms with Crippen molar-refractivity contribution in [3.8, 4) is 17.1 Å². The van der Waals surface area contributed by atoms with Gasteiger partial charge in [0.05, 0.1) is 19.4 Å². The summed E-state index contributed by atoms with van der Waals surface area (Å²) in [5.41, 5.74) is 2.06. The van der Waals surface area contributed by atoms with Crippen molar-refractivity contribution in [2.24, 2.45) is 0 Å². The summed E-state index contributed by atoms with van der Waals surface area (Å²) in [5, 5.41) is 16.7. The monoisotopic (exact) mass is 343 g/mol. The average Bonchev–Trinajstić information content (AvgIpc) is 3.06. The number of aromatic nitrogens is 4. The molecule has 0 unspecified atom stereocenters. The molecule has 3 heterocycles. The molecule has 2 N–H and O–H groups in total. The van der Waals surface area contributed by atoms with Crippen LogP contribution in [0, 0.1) is 0 Å². The summed E-state index contributed by atoms with van der Waals surface area (Å²) < 4.78 is 11.7. The molecule has 9 heteroatoms. The van der Waals surface area contributed by atoms with Crippen LogP contribution in [-0.2, 0) is 4.74 Å². The number of ether oxygens (including phenoxy) is 2. The van der Waals surface area contributed by atoms with Gasteiger partial charge in [-0.25, -0.2) is 19.3 Å². The van der Waals surface area contributed by atoms with E-state index in [1.807, 2.05) is 12.1 Å². The molecule has 0 aliphatic carbocycles. The number of hydrogen-bond donors (Lipinski definition) is 2. The number of methoxy groups -OCH3 is 2. The van der Waals surface area contributed by atoms with Crippen LogP contribution in [0.15, 0.2) is 30.7 Å². The molecule has 0 spiro atoms. The van der Waals surface area contributed by atoms with Gasteiger partial charge in [0.2, 0.25) is 5.88 Å². The van der Waals surface area contributed by atoms with Crippen LogP contribution in [0.2, 0.25) is 0 Å². The Hall–Kier alpha value is -3.20. The molecular weight excluding hydrogens is 326 g/mol. The lowest BCUT2D eigenvalue weighted by atomic mass is 10.1. The van der Waals surface area contributed by atoms with Crippen molar-refractivity contribution in [1.82, 2.24) is 19.6 Å². The van der Waals surface area contributed by atoms with Gasteiger partial charge in [0.1, 0.15) is 17.4 Å². The van der Waals surface area contributed by atoms with Crippen molar-refractivity contribution < 1.29 is 19.4 Å². The maximum absolute atomic E-state index is 11.4. The largest absolute Gasteiger partial charge is 0.480 e. The number of fused-ring (bicyclic) bond motifs is 1. The number of nitrogens with zero attached hydrogens (tertiary/aromatic N) is 4. The highest BCUT2D eigenvalue weighted by atomic mass is 16.5. The highest BCUT2D eigenvalue weighted by molar-refractivity contribution is 5.91. The topological polar surface area (TPSA) is 111 Å². The van der Waals surface area contributed by atoms with Gasteiger partial charge in [-0.2, -0.15) is 5.10 Å². The van der Waals surface area contributed by atoms with Crippen LogP contribution in [0.1, 0.15) is 10.4 Å². The van der Waals surface area contributed by atoms with Crippen LogP contribution in [0.25, 0.3) is 16.8 Å². The van der Waals surface area contributed by atoms with E-state index in [-0.39, 0.29) is 11.4 Å². The number of carboxylic acids is 1. The third-order valence-electron chi connectivity index (χ3n) is 3.62. The molecule has 3 aromatic rings. The van der Waals surface area contributed by atoms with E-state index in [4.69, 9.17) is 9.47 Å². The van der Waals surface area contributed by atoms with Gasteiger partial charge < -0.3 is 19.9 Å². The first kappa shape index (κ1) is 16.7. The Morgan fingerprint density at radius 2 is 2.16 bits per heavy atom. The molecule has 9 nitrogen and oxygen atoms in total. The first-order valence-electron chi connectivity index (χ1n) is 7.49. The van der Waals surface area contributed by atoms with Crippen LogP contribution in [0.3, 0.4) is 0 Å². The third-order valence-corrected chi connectivity index (χ3v) is 3.62. The van der Waals surface area contributed by atoms with Gasteiger partial charge in [-0.15, -0.1) is 0 Å². The minimum Gasteiger partial charge on any atom is -0.480 e. The maximum Gasteiger partial charge on any atom is 0.341 e. The lowest BCUT2D eigenvalue weighted by Crippen LogP contribution is -2.10. The Labute approximate surface area is 143 Å². The summed E-state index contributed by atoms with van der Waals surface area (Å²) in [5.74, 6) is -0.379. The zero-order valence-electron chi connectivity index (χ0n) is 13.8. The molecule has 0 radical (unpaired) electrons. The third kappa shape index (κ3) is 3.22. The molecule has 0 fully saturated rings. The van der Waals surface area contributed by atoms with Gasteiger partial charge in [0.15, 0.2) is 5.82 Å². The van der Waals surface area contributed by atoms with E-state index in [9.17, 15) is 9.90 Å². The number of carbonyl (C=O) groups is 1. The van der Waals surface area contributed by atoms with Gasteiger partial charge in [0, 0.05) is 25.4 Å². The summed E-state index contributed by atoms with van der Waals surface area (Å²) in [6.07, 6.45) is 2.98. The fraction of sp³-hybridized carbons (Fsp3) is 0.250. The molecule has 25 heavy (non-hydrogen) atoms. The minimum atomic E-state index is -1.11. The van der Waals surface area contributed by atoms with Crippen LogP contribution in [-0.4, -0.2) is 58.0 Å². The first-order valence-corrected chi connectivity index (χ1v) is 7.49. The van der Waals surface area contributed by atoms with Crippen LogP contribution >= 0.6 is 0 Å². The van der Waals surface area contributed by atoms with E-state index in [0.29, 0.717) is 30.2 Å². The van der Waals surface area contributed by atoms with Crippen molar-refractivity contribution in [2.75, 3.05) is 32.7 Å². The summed E-state index contributed by atoms with van der Waals surface area (Å²) in [7, 11) is 3.01. The van der Waals surface area contributed by atoms with Crippen LogP contribution < -0.4 is 10.1 Å². The first-order chi connectivity index (χ1) is 12.2. The molecule has 0 bridgehead atoms. The van der Waals surface area contributed by atoms with Gasteiger partial charge in [-0.1, -0.05) is 0 Å². The molecule has 0 aliphatic heterocycles. The second-order valence-corrected chi connectivity index (χ2v) is 5.13. The van der Waals surface area contributed by atoms with Crippen molar-refractivity contribution in [3.63, 3.8) is 0 Å². The van der Waals surface area contributed by atoms with Gasteiger partial charge in [-0.3, -0.25) is 0 Å². The summed E-state index contributed by atoms with van der Waals surface area (Å²) in [6, 6.07) is 5.20. The fourth-order valence-corrected chi connectivity index (χ4v) is 2.47. The number of anilines is 1. The van der Waals surface area contributed by atoms with Crippen molar-refractivity contribution >= 4 is 17.3 Å². The number of nitrogens with one attached hydrogen (secondary N) is 1. The lowest BCUT2D eigenvalue weighted by Gasteiger charge is -2.09. The van der Waals surface area contributed by atoms with Crippen LogP contribution in [0.4, 0.5) is 5.82 Å². The molecule has 3 rings (SSSR count). The maximum atomic E-state index is 11.4. The van der Waals surface area contributed by atoms with E-state index in [1.54, 1.807) is 17.8 Å². The summed E-state index contributed by atoms with van der Waals surface area (Å²) in [4.78, 5) is 19.7. The molecular formula is C16H17N5O4. The molecule has 0 aliphatic rings. The van der Waals surface area contributed by atoms with Gasteiger partial charge >= 0.3 is 5.97 Å². The Balaban J connectivity index is 2.04. The Kier molecular flexibility index (Phi) is 4.75. The molecule has 0 atom stereocenters. The van der Waals surface area contributed by atoms with Gasteiger partial charge in [-0.05, 0) is 18.2 Å². The Bertz CT molecular complexity index is 909. The SMILES string of the molecule is COCCNc1ncnn2c(-c3cnc(OC)c(C(=O)O)c3)ccc12. The highest BCUT2D eigenvalue weighted by Crippen LogP contribution is 2.27. The normalized spacial score (nSPS) is 10.8. The Morgan fingerprint density at radius 1 is 1.32 bits per heavy atom. The van der Waals surface area contributed by atoms with Crippen molar-refractivity contribution in [3.05, 3.63) is 36.3 Å².